The second-order valence-corrected chi connectivity index (χ2v) is 5.88. The van der Waals surface area contributed by atoms with E-state index < -0.39 is 0 Å². The molecular weight excluding hydrogens is 270 g/mol. The normalized spacial score (nSPS) is 20.0. The van der Waals surface area contributed by atoms with Crippen LogP contribution in [0.4, 0.5) is 4.79 Å². The Hall–Kier alpha value is -0.850. The van der Waals surface area contributed by atoms with Crippen LogP contribution < -0.4 is 11.1 Å². The molecule has 0 bridgehead atoms. The number of carbonyl (C=O) groups is 1. The zero-order valence-corrected chi connectivity index (χ0v) is 13.2. The van der Waals surface area contributed by atoms with Crippen LogP contribution in [0.25, 0.3) is 0 Å². The molecule has 0 aliphatic carbocycles. The van der Waals surface area contributed by atoms with Crippen molar-refractivity contribution < 1.29 is 14.6 Å². The molecule has 21 heavy (non-hydrogen) atoms. The number of nitrogens with zero attached hydrogens (tertiary/aromatic N) is 1. The molecule has 0 saturated carbocycles. The highest BCUT2D eigenvalue weighted by Gasteiger charge is 2.18. The third-order valence-electron chi connectivity index (χ3n) is 3.90. The predicted molar refractivity (Wildman–Crippen MR) is 82.9 cm³/mol. The number of hydrogen-bond acceptors (Lipinski definition) is 4. The van der Waals surface area contributed by atoms with E-state index in [0.717, 1.165) is 51.7 Å². The molecule has 6 nitrogen and oxygen atoms in total. The summed E-state index contributed by atoms with van der Waals surface area (Å²) >= 11 is 0. The van der Waals surface area contributed by atoms with Gasteiger partial charge in [-0.1, -0.05) is 19.8 Å². The molecule has 2 atom stereocenters. The Kier molecular flexibility index (Phi) is 9.37. The van der Waals surface area contributed by atoms with E-state index in [9.17, 15) is 9.90 Å². The molecule has 6 heteroatoms. The van der Waals surface area contributed by atoms with Gasteiger partial charge in [0, 0.05) is 32.3 Å². The van der Waals surface area contributed by atoms with Crippen LogP contribution in [0.2, 0.25) is 0 Å². The maximum Gasteiger partial charge on any atom is 0.319 e. The lowest BCUT2D eigenvalue weighted by Crippen LogP contribution is -2.46. The highest BCUT2D eigenvalue weighted by Crippen LogP contribution is 2.17. The van der Waals surface area contributed by atoms with E-state index >= 15 is 0 Å². The second-order valence-electron chi connectivity index (χ2n) is 5.88. The van der Waals surface area contributed by atoms with E-state index in [2.05, 4.69) is 12.2 Å². The number of urea groups is 1. The molecule has 1 aliphatic rings. The van der Waals surface area contributed by atoms with Gasteiger partial charge in [0.25, 0.3) is 0 Å². The van der Waals surface area contributed by atoms with E-state index in [0.29, 0.717) is 19.0 Å². The van der Waals surface area contributed by atoms with Crippen LogP contribution in [0.15, 0.2) is 0 Å². The fourth-order valence-corrected chi connectivity index (χ4v) is 2.62. The summed E-state index contributed by atoms with van der Waals surface area (Å²) in [5.41, 5.74) is 6.06. The standard InChI is InChI=1S/C15H31N3O3/c1-2-3-4-7-18(12-19)15(20)17-10-14(16)9-13-6-5-8-21-11-13/h13-14,19H,2-12,16H2,1H3,(H,17,20)/t13-,14+/m1/s1. The lowest BCUT2D eigenvalue weighted by atomic mass is 9.95. The fraction of sp³-hybridized carbons (Fsp3) is 0.933. The van der Waals surface area contributed by atoms with Crippen molar-refractivity contribution in [2.45, 2.75) is 51.5 Å². The number of carbonyl (C=O) groups excluding carboxylic acids is 1. The number of amides is 2. The number of aliphatic hydroxyl groups is 1. The van der Waals surface area contributed by atoms with Crippen molar-refractivity contribution in [2.75, 3.05) is 33.0 Å². The van der Waals surface area contributed by atoms with Crippen molar-refractivity contribution in [3.05, 3.63) is 0 Å². The maximum absolute atomic E-state index is 11.9. The quantitative estimate of drug-likeness (QED) is 0.442. The largest absolute Gasteiger partial charge is 0.381 e. The van der Waals surface area contributed by atoms with Gasteiger partial charge in [-0.15, -0.1) is 0 Å². The van der Waals surface area contributed by atoms with Gasteiger partial charge in [0.15, 0.2) is 0 Å². The first-order valence-electron chi connectivity index (χ1n) is 8.14. The van der Waals surface area contributed by atoms with Crippen LogP contribution in [-0.4, -0.2) is 55.1 Å². The predicted octanol–water partition coefficient (Wildman–Crippen LogP) is 1.28. The minimum absolute atomic E-state index is 0.0585. The van der Waals surface area contributed by atoms with E-state index in [4.69, 9.17) is 10.5 Å². The topological polar surface area (TPSA) is 87.8 Å². The van der Waals surface area contributed by atoms with E-state index in [-0.39, 0.29) is 18.8 Å². The van der Waals surface area contributed by atoms with Gasteiger partial charge in [0.05, 0.1) is 0 Å². The SMILES string of the molecule is CCCCCN(CO)C(=O)NC[C@@H](N)C[C@H]1CCCOC1. The number of aliphatic hydroxyl groups excluding tert-OH is 1. The first kappa shape index (κ1) is 18.2. The Bertz CT molecular complexity index is 283. The highest BCUT2D eigenvalue weighted by atomic mass is 16.5. The second kappa shape index (κ2) is 10.8. The summed E-state index contributed by atoms with van der Waals surface area (Å²) in [6.45, 7) is 4.52. The molecule has 1 saturated heterocycles. The van der Waals surface area contributed by atoms with Crippen molar-refractivity contribution in [3.8, 4) is 0 Å². The zero-order valence-electron chi connectivity index (χ0n) is 13.2. The van der Waals surface area contributed by atoms with Crippen molar-refractivity contribution >= 4 is 6.03 Å². The van der Waals surface area contributed by atoms with Gasteiger partial charge >= 0.3 is 6.03 Å². The molecule has 1 rings (SSSR count). The molecule has 1 fully saturated rings. The number of unbranched alkanes of at least 4 members (excludes halogenated alkanes) is 2. The summed E-state index contributed by atoms with van der Waals surface area (Å²) in [4.78, 5) is 13.4. The summed E-state index contributed by atoms with van der Waals surface area (Å²) in [5, 5.41) is 12.1. The van der Waals surface area contributed by atoms with Gasteiger partial charge in [-0.25, -0.2) is 4.79 Å². The Morgan fingerprint density at radius 2 is 2.33 bits per heavy atom. The Labute approximate surface area is 128 Å². The van der Waals surface area contributed by atoms with E-state index in [1.54, 1.807) is 0 Å². The zero-order chi connectivity index (χ0) is 15.5. The minimum atomic E-state index is -0.249. The first-order chi connectivity index (χ1) is 10.2. The van der Waals surface area contributed by atoms with Gasteiger partial charge < -0.3 is 25.8 Å². The van der Waals surface area contributed by atoms with Crippen LogP contribution in [0.1, 0.15) is 45.4 Å². The summed E-state index contributed by atoms with van der Waals surface area (Å²) in [5.74, 6) is 0.504. The van der Waals surface area contributed by atoms with Crippen LogP contribution in [-0.2, 0) is 4.74 Å². The third kappa shape index (κ3) is 7.64. The first-order valence-corrected chi connectivity index (χ1v) is 8.14. The van der Waals surface area contributed by atoms with Crippen molar-refractivity contribution in [2.24, 2.45) is 11.7 Å². The van der Waals surface area contributed by atoms with Gasteiger partial charge in [-0.3, -0.25) is 0 Å². The van der Waals surface area contributed by atoms with Crippen molar-refractivity contribution in [1.29, 1.82) is 0 Å². The molecule has 124 valence electrons. The van der Waals surface area contributed by atoms with E-state index in [1.165, 1.54) is 4.90 Å². The number of hydrogen-bond donors (Lipinski definition) is 3. The summed E-state index contributed by atoms with van der Waals surface area (Å²) in [6.07, 6.45) is 6.19. The lowest BCUT2D eigenvalue weighted by molar-refractivity contribution is 0.0491. The molecule has 0 unspecified atom stereocenters. The van der Waals surface area contributed by atoms with Crippen LogP contribution in [0.5, 0.6) is 0 Å². The number of rotatable bonds is 9. The van der Waals surface area contributed by atoms with Gasteiger partial charge in [-0.05, 0) is 31.6 Å². The molecule has 0 spiro atoms. The lowest BCUT2D eigenvalue weighted by Gasteiger charge is -2.26. The third-order valence-corrected chi connectivity index (χ3v) is 3.90. The Morgan fingerprint density at radius 3 is 2.95 bits per heavy atom. The molecule has 0 radical (unpaired) electrons. The van der Waals surface area contributed by atoms with E-state index in [1.807, 2.05) is 0 Å². The molecule has 1 aliphatic heterocycles. The summed E-state index contributed by atoms with van der Waals surface area (Å²) in [7, 11) is 0. The Morgan fingerprint density at radius 1 is 1.52 bits per heavy atom. The minimum Gasteiger partial charge on any atom is -0.381 e. The summed E-state index contributed by atoms with van der Waals surface area (Å²) < 4.78 is 5.43. The van der Waals surface area contributed by atoms with Crippen molar-refractivity contribution in [3.63, 3.8) is 0 Å². The van der Waals surface area contributed by atoms with Crippen molar-refractivity contribution in [1.82, 2.24) is 10.2 Å². The molecule has 0 aromatic heterocycles. The number of nitrogens with two attached hydrogens (primary N) is 1. The smallest absolute Gasteiger partial charge is 0.319 e. The average Bonchev–Trinajstić information content (AvgIpc) is 2.50. The van der Waals surface area contributed by atoms with Gasteiger partial charge in [0.1, 0.15) is 6.73 Å². The number of nitrogens with one attached hydrogen (secondary N) is 1. The number of ether oxygens (including phenoxy) is 1. The van der Waals surface area contributed by atoms with Crippen LogP contribution in [0, 0.1) is 5.92 Å². The fourth-order valence-electron chi connectivity index (χ4n) is 2.62. The van der Waals surface area contributed by atoms with Gasteiger partial charge in [-0.2, -0.15) is 0 Å². The Balaban J connectivity index is 2.19. The molecule has 0 aromatic carbocycles. The summed E-state index contributed by atoms with van der Waals surface area (Å²) in [6, 6.07) is -0.291. The molecular formula is C15H31N3O3. The molecule has 1 heterocycles. The molecule has 4 N–H and O–H groups in total. The molecule has 2 amide bonds. The van der Waals surface area contributed by atoms with Gasteiger partial charge in [0.2, 0.25) is 0 Å². The molecule has 0 aromatic rings. The highest BCUT2D eigenvalue weighted by molar-refractivity contribution is 5.73. The van der Waals surface area contributed by atoms with Crippen LogP contribution >= 0.6 is 0 Å². The average molecular weight is 301 g/mol. The maximum atomic E-state index is 11.9. The monoisotopic (exact) mass is 301 g/mol. The van der Waals surface area contributed by atoms with Crippen LogP contribution in [0.3, 0.4) is 0 Å².